The maximum Gasteiger partial charge on any atom is 0.193 e. The third-order valence-corrected chi connectivity index (χ3v) is 3.68. The number of benzene rings is 3. The molecule has 0 aliphatic heterocycles. The maximum atomic E-state index is 12.9. The van der Waals surface area contributed by atoms with Crippen molar-refractivity contribution in [3.63, 3.8) is 0 Å². The van der Waals surface area contributed by atoms with Gasteiger partial charge in [-0.05, 0) is 60.2 Å². The second-order valence-electron chi connectivity index (χ2n) is 5.48. The molecule has 0 heterocycles. The molecule has 0 aromatic heterocycles. The van der Waals surface area contributed by atoms with Crippen molar-refractivity contribution < 1.29 is 13.9 Å². The molecule has 0 aliphatic rings. The van der Waals surface area contributed by atoms with Gasteiger partial charge >= 0.3 is 0 Å². The zero-order valence-electron chi connectivity index (χ0n) is 13.6. The Balaban J connectivity index is 1.57. The Morgan fingerprint density at radius 2 is 1.44 bits per heavy atom. The van der Waals surface area contributed by atoms with E-state index in [4.69, 9.17) is 4.74 Å². The van der Waals surface area contributed by atoms with Crippen LogP contribution in [0.4, 0.5) is 4.39 Å². The molecule has 0 spiro atoms. The van der Waals surface area contributed by atoms with Gasteiger partial charge in [0.2, 0.25) is 0 Å². The summed E-state index contributed by atoms with van der Waals surface area (Å²) in [5.74, 6) is 0.188. The fourth-order valence-corrected chi connectivity index (χ4v) is 2.36. The van der Waals surface area contributed by atoms with Crippen LogP contribution >= 0.6 is 0 Å². The second-order valence-corrected chi connectivity index (χ2v) is 5.48. The number of hydrogen-bond donors (Lipinski definition) is 0. The van der Waals surface area contributed by atoms with Crippen LogP contribution in [0.5, 0.6) is 5.75 Å². The van der Waals surface area contributed by atoms with E-state index in [0.717, 1.165) is 5.56 Å². The van der Waals surface area contributed by atoms with Crippen LogP contribution in [-0.4, -0.2) is 12.4 Å². The molecular weight excluding hydrogens is 315 g/mol. The van der Waals surface area contributed by atoms with Crippen molar-refractivity contribution in [2.45, 2.75) is 0 Å². The first-order chi connectivity index (χ1) is 12.2. The van der Waals surface area contributed by atoms with Gasteiger partial charge in [-0.25, -0.2) is 4.39 Å². The molecule has 0 N–H and O–H groups in total. The highest BCUT2D eigenvalue weighted by Gasteiger charge is 2.09. The summed E-state index contributed by atoms with van der Waals surface area (Å²) in [6.07, 6.45) is 3.93. The molecule has 0 bridgehead atoms. The number of halogens is 1. The van der Waals surface area contributed by atoms with Gasteiger partial charge in [0.25, 0.3) is 0 Å². The van der Waals surface area contributed by atoms with Crippen LogP contribution in [0.2, 0.25) is 0 Å². The molecule has 0 amide bonds. The van der Waals surface area contributed by atoms with E-state index < -0.39 is 0 Å². The first kappa shape index (κ1) is 16.7. The predicted molar refractivity (Wildman–Crippen MR) is 97.2 cm³/mol. The van der Waals surface area contributed by atoms with Crippen molar-refractivity contribution in [3.05, 3.63) is 107 Å². The van der Waals surface area contributed by atoms with E-state index in [0.29, 0.717) is 23.5 Å². The average molecular weight is 332 g/mol. The van der Waals surface area contributed by atoms with E-state index in [1.165, 1.54) is 24.3 Å². The van der Waals surface area contributed by atoms with Crippen molar-refractivity contribution in [2.75, 3.05) is 6.61 Å². The summed E-state index contributed by atoms with van der Waals surface area (Å²) >= 11 is 0. The monoisotopic (exact) mass is 332 g/mol. The van der Waals surface area contributed by atoms with Crippen LogP contribution in [0.15, 0.2) is 84.9 Å². The molecule has 0 aliphatic carbocycles. The van der Waals surface area contributed by atoms with Gasteiger partial charge in [-0.1, -0.05) is 36.4 Å². The van der Waals surface area contributed by atoms with E-state index in [1.54, 1.807) is 24.3 Å². The normalized spacial score (nSPS) is 10.8. The van der Waals surface area contributed by atoms with Crippen LogP contribution in [0, 0.1) is 5.82 Å². The number of ether oxygens (including phenoxy) is 1. The van der Waals surface area contributed by atoms with Crippen molar-refractivity contribution in [1.29, 1.82) is 0 Å². The largest absolute Gasteiger partial charge is 0.490 e. The molecule has 3 aromatic carbocycles. The summed E-state index contributed by atoms with van der Waals surface area (Å²) in [4.78, 5) is 12.3. The summed E-state index contributed by atoms with van der Waals surface area (Å²) in [5, 5.41) is 0. The molecule has 124 valence electrons. The lowest BCUT2D eigenvalue weighted by molar-refractivity contribution is 0.103. The van der Waals surface area contributed by atoms with Gasteiger partial charge in [0.05, 0.1) is 0 Å². The molecule has 0 radical (unpaired) electrons. The van der Waals surface area contributed by atoms with Crippen molar-refractivity contribution >= 4 is 11.9 Å². The van der Waals surface area contributed by atoms with Crippen molar-refractivity contribution in [1.82, 2.24) is 0 Å². The highest BCUT2D eigenvalue weighted by molar-refractivity contribution is 6.08. The standard InChI is InChI=1S/C22H17FO2/c23-20-12-8-18(9-13-20)22(24)19-10-14-21(15-11-19)25-16-4-7-17-5-2-1-3-6-17/h1-15H,16H2/b7-4+. The van der Waals surface area contributed by atoms with Gasteiger partial charge in [-0.15, -0.1) is 0 Å². The van der Waals surface area contributed by atoms with Gasteiger partial charge < -0.3 is 4.74 Å². The molecule has 25 heavy (non-hydrogen) atoms. The maximum absolute atomic E-state index is 12.9. The van der Waals surface area contributed by atoms with Gasteiger partial charge in [0.1, 0.15) is 18.2 Å². The fourth-order valence-electron chi connectivity index (χ4n) is 2.36. The zero-order valence-corrected chi connectivity index (χ0v) is 13.6. The fraction of sp³-hybridized carbons (Fsp3) is 0.0455. The van der Waals surface area contributed by atoms with E-state index >= 15 is 0 Å². The Bertz CT molecular complexity index is 851. The highest BCUT2D eigenvalue weighted by atomic mass is 19.1. The summed E-state index contributed by atoms with van der Waals surface area (Å²) in [6, 6.07) is 22.4. The minimum absolute atomic E-state index is 0.143. The van der Waals surface area contributed by atoms with Crippen LogP contribution < -0.4 is 4.74 Å². The lowest BCUT2D eigenvalue weighted by Crippen LogP contribution is -2.01. The van der Waals surface area contributed by atoms with Gasteiger partial charge in [0.15, 0.2) is 5.78 Å². The highest BCUT2D eigenvalue weighted by Crippen LogP contribution is 2.16. The average Bonchev–Trinajstić information content (AvgIpc) is 2.67. The number of carbonyl (C=O) groups excluding carboxylic acids is 1. The molecule has 0 fully saturated rings. The summed E-state index contributed by atoms with van der Waals surface area (Å²) in [7, 11) is 0. The number of ketones is 1. The SMILES string of the molecule is O=C(c1ccc(F)cc1)c1ccc(OC/C=C/c2ccccc2)cc1. The lowest BCUT2D eigenvalue weighted by Gasteiger charge is -2.05. The van der Waals surface area contributed by atoms with Gasteiger partial charge in [-0.3, -0.25) is 4.79 Å². The molecule has 0 saturated carbocycles. The third-order valence-electron chi connectivity index (χ3n) is 3.68. The van der Waals surface area contributed by atoms with Crippen molar-refractivity contribution in [3.8, 4) is 5.75 Å². The van der Waals surface area contributed by atoms with Crippen molar-refractivity contribution in [2.24, 2.45) is 0 Å². The Morgan fingerprint density at radius 3 is 2.08 bits per heavy atom. The van der Waals surface area contributed by atoms with Gasteiger partial charge in [-0.2, -0.15) is 0 Å². The Kier molecular flexibility index (Phi) is 5.37. The van der Waals surface area contributed by atoms with E-state index in [1.807, 2.05) is 42.5 Å². The quantitative estimate of drug-likeness (QED) is 0.584. The van der Waals surface area contributed by atoms with Crippen LogP contribution in [0.3, 0.4) is 0 Å². The Morgan fingerprint density at radius 1 is 0.840 bits per heavy atom. The van der Waals surface area contributed by atoms with Crippen LogP contribution in [-0.2, 0) is 0 Å². The molecule has 3 aromatic rings. The minimum atomic E-state index is -0.358. The zero-order chi connectivity index (χ0) is 17.5. The molecule has 0 saturated heterocycles. The smallest absolute Gasteiger partial charge is 0.193 e. The Hall–Kier alpha value is -3.20. The lowest BCUT2D eigenvalue weighted by atomic mass is 10.0. The number of rotatable bonds is 6. The minimum Gasteiger partial charge on any atom is -0.490 e. The molecule has 0 atom stereocenters. The molecule has 3 heteroatoms. The predicted octanol–water partition coefficient (Wildman–Crippen LogP) is 5.15. The second kappa shape index (κ2) is 8.06. The van der Waals surface area contributed by atoms with E-state index in [-0.39, 0.29) is 11.6 Å². The van der Waals surface area contributed by atoms with E-state index in [2.05, 4.69) is 0 Å². The Labute approximate surface area is 146 Å². The first-order valence-corrected chi connectivity index (χ1v) is 7.97. The number of hydrogen-bond acceptors (Lipinski definition) is 2. The first-order valence-electron chi connectivity index (χ1n) is 7.97. The summed E-state index contributed by atoms with van der Waals surface area (Å²) < 4.78 is 18.6. The molecule has 0 unspecified atom stereocenters. The number of carbonyl (C=O) groups is 1. The van der Waals surface area contributed by atoms with E-state index in [9.17, 15) is 9.18 Å². The van der Waals surface area contributed by atoms with Crippen LogP contribution in [0.1, 0.15) is 21.5 Å². The molecule has 2 nitrogen and oxygen atoms in total. The summed E-state index contributed by atoms with van der Waals surface area (Å²) in [5.41, 5.74) is 2.12. The third kappa shape index (κ3) is 4.64. The molecular formula is C22H17FO2. The van der Waals surface area contributed by atoms with Crippen LogP contribution in [0.25, 0.3) is 6.08 Å². The van der Waals surface area contributed by atoms with Gasteiger partial charge in [0, 0.05) is 11.1 Å². The topological polar surface area (TPSA) is 26.3 Å². The molecule has 3 rings (SSSR count). The summed E-state index contributed by atoms with van der Waals surface area (Å²) in [6.45, 7) is 0.445.